The molecule has 1 aliphatic rings. The molecule has 1 aliphatic heterocycles. The van der Waals surface area contributed by atoms with E-state index in [1.807, 2.05) is 20.8 Å². The van der Waals surface area contributed by atoms with Crippen molar-refractivity contribution in [3.63, 3.8) is 0 Å². The third-order valence-electron chi connectivity index (χ3n) is 5.88. The average molecular weight is 495 g/mol. The second-order valence-electron chi connectivity index (χ2n) is 9.67. The van der Waals surface area contributed by atoms with Crippen LogP contribution >= 0.6 is 0 Å². The van der Waals surface area contributed by atoms with Crippen molar-refractivity contribution in [3.8, 4) is 0 Å². The zero-order valence-corrected chi connectivity index (χ0v) is 20.9. The van der Waals surface area contributed by atoms with Gasteiger partial charge < -0.3 is 15.5 Å². The van der Waals surface area contributed by atoms with Crippen LogP contribution in [0.2, 0.25) is 0 Å². The maximum atomic E-state index is 13.3. The topological polar surface area (TPSA) is 108 Å². The van der Waals surface area contributed by atoms with E-state index in [1.54, 1.807) is 59.5 Å². The normalized spacial score (nSPS) is 14.1. The Kier molecular flexibility index (Phi) is 6.71. The van der Waals surface area contributed by atoms with E-state index in [1.165, 1.54) is 6.07 Å². The fourth-order valence-corrected chi connectivity index (χ4v) is 5.17. The van der Waals surface area contributed by atoms with E-state index in [-0.39, 0.29) is 16.8 Å². The van der Waals surface area contributed by atoms with Crippen LogP contribution in [0, 0.1) is 5.41 Å². The minimum atomic E-state index is -3.92. The number of sulfonamides is 1. The molecule has 0 atom stereocenters. The van der Waals surface area contributed by atoms with Crippen LogP contribution in [0.15, 0.2) is 65.6 Å². The number of nitrogens with one attached hydrogen (secondary N) is 3. The number of amides is 3. The van der Waals surface area contributed by atoms with E-state index < -0.39 is 15.4 Å². The monoisotopic (exact) mass is 494 g/mol. The quantitative estimate of drug-likeness (QED) is 0.450. The van der Waals surface area contributed by atoms with Gasteiger partial charge in [-0.1, -0.05) is 45.0 Å². The van der Waals surface area contributed by atoms with Crippen molar-refractivity contribution in [1.29, 1.82) is 0 Å². The van der Waals surface area contributed by atoms with Gasteiger partial charge in [0.25, 0.3) is 10.0 Å². The van der Waals surface area contributed by atoms with Gasteiger partial charge in [0.05, 0.1) is 10.6 Å². The number of likely N-dealkylation sites (tertiary alicyclic amines) is 1. The molecule has 1 heterocycles. The van der Waals surface area contributed by atoms with Gasteiger partial charge in [0.15, 0.2) is 0 Å². The molecule has 9 heteroatoms. The van der Waals surface area contributed by atoms with Gasteiger partial charge in [-0.2, -0.15) is 0 Å². The first kappa shape index (κ1) is 24.5. The lowest BCUT2D eigenvalue weighted by Crippen LogP contribution is -2.32. The van der Waals surface area contributed by atoms with Crippen LogP contribution in [-0.4, -0.2) is 38.3 Å². The molecule has 0 radical (unpaired) electrons. The summed E-state index contributed by atoms with van der Waals surface area (Å²) >= 11 is 0. The van der Waals surface area contributed by atoms with Crippen molar-refractivity contribution >= 4 is 49.8 Å². The molecule has 0 bridgehead atoms. The molecular formula is C26H30N4O4S. The highest BCUT2D eigenvalue weighted by Crippen LogP contribution is 2.30. The van der Waals surface area contributed by atoms with Crippen molar-refractivity contribution in [2.75, 3.05) is 28.4 Å². The van der Waals surface area contributed by atoms with Crippen LogP contribution < -0.4 is 15.4 Å². The van der Waals surface area contributed by atoms with Crippen molar-refractivity contribution < 1.29 is 18.0 Å². The largest absolute Gasteiger partial charge is 0.326 e. The lowest BCUT2D eigenvalue weighted by molar-refractivity contribution is -0.123. The SMILES string of the molecule is CC(C)(C)C(=O)Nc1ccc(NS(=O)(=O)c2cccc3c(NC(=O)N4CCCC4)cccc23)cc1. The Balaban J connectivity index is 1.56. The second-order valence-corrected chi connectivity index (χ2v) is 11.3. The second kappa shape index (κ2) is 9.58. The molecule has 0 saturated carbocycles. The van der Waals surface area contributed by atoms with Gasteiger partial charge in [-0.3, -0.25) is 9.52 Å². The molecular weight excluding hydrogens is 464 g/mol. The van der Waals surface area contributed by atoms with Crippen molar-refractivity contribution in [3.05, 3.63) is 60.7 Å². The third kappa shape index (κ3) is 5.57. The first-order valence-electron chi connectivity index (χ1n) is 11.6. The van der Waals surface area contributed by atoms with Crippen molar-refractivity contribution in [2.45, 2.75) is 38.5 Å². The Morgan fingerprint density at radius 2 is 1.40 bits per heavy atom. The third-order valence-corrected chi connectivity index (χ3v) is 7.32. The number of rotatable bonds is 5. The highest BCUT2D eigenvalue weighted by atomic mass is 32.2. The molecule has 4 rings (SSSR count). The predicted octanol–water partition coefficient (Wildman–Crippen LogP) is 5.25. The number of benzene rings is 3. The van der Waals surface area contributed by atoms with Gasteiger partial charge in [0.2, 0.25) is 5.91 Å². The van der Waals surface area contributed by atoms with Gasteiger partial charge in [-0.25, -0.2) is 13.2 Å². The maximum Gasteiger partial charge on any atom is 0.321 e. The van der Waals surface area contributed by atoms with E-state index in [0.717, 1.165) is 25.9 Å². The van der Waals surface area contributed by atoms with E-state index in [0.29, 0.717) is 27.8 Å². The summed E-state index contributed by atoms with van der Waals surface area (Å²) in [6, 6.07) is 16.5. The molecule has 0 aromatic heterocycles. The van der Waals surface area contributed by atoms with Gasteiger partial charge in [0, 0.05) is 40.7 Å². The summed E-state index contributed by atoms with van der Waals surface area (Å²) in [5, 5.41) is 6.89. The first-order chi connectivity index (χ1) is 16.5. The van der Waals surface area contributed by atoms with Crippen LogP contribution in [0.1, 0.15) is 33.6 Å². The van der Waals surface area contributed by atoms with Crippen molar-refractivity contribution in [1.82, 2.24) is 4.90 Å². The molecule has 3 N–H and O–H groups in total. The van der Waals surface area contributed by atoms with E-state index in [9.17, 15) is 18.0 Å². The Morgan fingerprint density at radius 3 is 2.06 bits per heavy atom. The lowest BCUT2D eigenvalue weighted by atomic mass is 9.95. The Morgan fingerprint density at radius 1 is 0.800 bits per heavy atom. The van der Waals surface area contributed by atoms with E-state index in [4.69, 9.17) is 0 Å². The Labute approximate surface area is 205 Å². The highest BCUT2D eigenvalue weighted by molar-refractivity contribution is 7.93. The summed E-state index contributed by atoms with van der Waals surface area (Å²) in [4.78, 5) is 26.6. The molecule has 0 spiro atoms. The Hall–Kier alpha value is -3.59. The first-order valence-corrected chi connectivity index (χ1v) is 13.0. The van der Waals surface area contributed by atoms with Gasteiger partial charge >= 0.3 is 6.03 Å². The summed E-state index contributed by atoms with van der Waals surface area (Å²) in [6.07, 6.45) is 1.97. The predicted molar refractivity (Wildman–Crippen MR) is 139 cm³/mol. The summed E-state index contributed by atoms with van der Waals surface area (Å²) < 4.78 is 29.2. The molecule has 0 aliphatic carbocycles. The van der Waals surface area contributed by atoms with Crippen LogP contribution in [-0.2, 0) is 14.8 Å². The molecule has 8 nitrogen and oxygen atoms in total. The number of carbonyl (C=O) groups excluding carboxylic acids is 2. The van der Waals surface area contributed by atoms with E-state index in [2.05, 4.69) is 15.4 Å². The fraction of sp³-hybridized carbons (Fsp3) is 0.308. The molecule has 184 valence electrons. The number of fused-ring (bicyclic) bond motifs is 1. The van der Waals surface area contributed by atoms with Crippen LogP contribution in [0.3, 0.4) is 0 Å². The van der Waals surface area contributed by atoms with Gasteiger partial charge in [-0.05, 0) is 49.2 Å². The number of nitrogens with zero attached hydrogens (tertiary/aromatic N) is 1. The van der Waals surface area contributed by atoms with Gasteiger partial charge in [0.1, 0.15) is 0 Å². The molecule has 3 aromatic rings. The number of hydrogen-bond donors (Lipinski definition) is 3. The smallest absolute Gasteiger partial charge is 0.321 e. The highest BCUT2D eigenvalue weighted by Gasteiger charge is 2.23. The molecule has 1 fully saturated rings. The zero-order chi connectivity index (χ0) is 25.2. The maximum absolute atomic E-state index is 13.3. The number of hydrogen-bond acceptors (Lipinski definition) is 4. The Bertz CT molecular complexity index is 1360. The fourth-order valence-electron chi connectivity index (χ4n) is 3.89. The minimum absolute atomic E-state index is 0.109. The summed E-state index contributed by atoms with van der Waals surface area (Å²) in [7, 11) is -3.92. The molecule has 0 unspecified atom stereocenters. The standard InChI is InChI=1S/C26H30N4O4S/c1-26(2,3)24(31)27-18-12-14-19(15-13-18)29-35(33,34)23-11-7-8-20-21(23)9-6-10-22(20)28-25(32)30-16-4-5-17-30/h6-15,29H,4-5,16-17H2,1-3H3,(H,27,31)(H,28,32). The summed E-state index contributed by atoms with van der Waals surface area (Å²) in [5.74, 6) is -0.130. The minimum Gasteiger partial charge on any atom is -0.326 e. The molecule has 35 heavy (non-hydrogen) atoms. The summed E-state index contributed by atoms with van der Waals surface area (Å²) in [5.41, 5.74) is 0.975. The van der Waals surface area contributed by atoms with Crippen LogP contribution in [0.5, 0.6) is 0 Å². The lowest BCUT2D eigenvalue weighted by Gasteiger charge is -2.18. The van der Waals surface area contributed by atoms with Gasteiger partial charge in [-0.15, -0.1) is 0 Å². The molecule has 3 aromatic carbocycles. The zero-order valence-electron chi connectivity index (χ0n) is 20.1. The van der Waals surface area contributed by atoms with E-state index >= 15 is 0 Å². The van der Waals surface area contributed by atoms with Crippen LogP contribution in [0.25, 0.3) is 10.8 Å². The number of carbonyl (C=O) groups is 2. The van der Waals surface area contributed by atoms with Crippen molar-refractivity contribution in [2.24, 2.45) is 5.41 Å². The number of urea groups is 1. The molecule has 3 amide bonds. The molecule has 1 saturated heterocycles. The summed E-state index contributed by atoms with van der Waals surface area (Å²) in [6.45, 7) is 6.90. The number of anilines is 3. The average Bonchev–Trinajstić information content (AvgIpc) is 3.34. The van der Waals surface area contributed by atoms with Crippen LogP contribution in [0.4, 0.5) is 21.9 Å².